The predicted molar refractivity (Wildman–Crippen MR) is 54.7 cm³/mol. The van der Waals surface area contributed by atoms with Crippen molar-refractivity contribution < 1.29 is 18.7 Å². The summed E-state index contributed by atoms with van der Waals surface area (Å²) in [6.45, 7) is 0. The van der Waals surface area contributed by atoms with Gasteiger partial charge in [-0.3, -0.25) is 4.79 Å². The van der Waals surface area contributed by atoms with Gasteiger partial charge in [-0.15, -0.1) is 0 Å². The molecule has 1 rings (SSSR count). The highest BCUT2D eigenvalue weighted by molar-refractivity contribution is 9.10. The molecule has 0 heterocycles. The number of halogens is 2. The van der Waals surface area contributed by atoms with E-state index in [1.165, 1.54) is 12.1 Å². The first kappa shape index (κ1) is 11.6. The molecule has 1 aromatic carbocycles. The third kappa shape index (κ3) is 2.76. The van der Waals surface area contributed by atoms with Crippen LogP contribution in [0.4, 0.5) is 10.1 Å². The van der Waals surface area contributed by atoms with Gasteiger partial charge in [-0.2, -0.15) is 0 Å². The largest absolute Gasteiger partial charge is 0.462 e. The van der Waals surface area contributed by atoms with Crippen molar-refractivity contribution >= 4 is 33.5 Å². The van der Waals surface area contributed by atoms with Crippen molar-refractivity contribution in [2.45, 2.75) is 0 Å². The van der Waals surface area contributed by atoms with Gasteiger partial charge in [0, 0.05) is 4.47 Å². The summed E-state index contributed by atoms with van der Waals surface area (Å²) in [6.07, 6.45) is 0. The molecule has 0 saturated carbocycles. The number of anilines is 1. The van der Waals surface area contributed by atoms with Gasteiger partial charge in [0.2, 0.25) is 0 Å². The normalized spacial score (nSPS) is 9.53. The number of nitrogens with one attached hydrogen (secondary N) is 1. The fourth-order valence-electron chi connectivity index (χ4n) is 0.874. The zero-order valence-corrected chi connectivity index (χ0v) is 9.30. The Hall–Kier alpha value is -1.43. The Morgan fingerprint density at radius 3 is 2.67 bits per heavy atom. The highest BCUT2D eigenvalue weighted by Gasteiger charge is 2.17. The topological polar surface area (TPSA) is 55.4 Å². The Balaban J connectivity index is 2.90. The number of amides is 1. The van der Waals surface area contributed by atoms with Crippen molar-refractivity contribution in [3.63, 3.8) is 0 Å². The van der Waals surface area contributed by atoms with Crippen LogP contribution in [0.15, 0.2) is 22.7 Å². The maximum Gasteiger partial charge on any atom is 0.396 e. The van der Waals surface area contributed by atoms with Crippen LogP contribution in [0.5, 0.6) is 0 Å². The minimum absolute atomic E-state index is 0.0899. The minimum Gasteiger partial charge on any atom is -0.462 e. The van der Waals surface area contributed by atoms with Crippen LogP contribution in [0.3, 0.4) is 0 Å². The van der Waals surface area contributed by atoms with Gasteiger partial charge < -0.3 is 10.1 Å². The van der Waals surface area contributed by atoms with Crippen molar-refractivity contribution in [1.82, 2.24) is 0 Å². The molecule has 0 aliphatic heterocycles. The first-order valence-corrected chi connectivity index (χ1v) is 4.69. The lowest BCUT2D eigenvalue weighted by atomic mass is 10.3. The summed E-state index contributed by atoms with van der Waals surface area (Å²) in [5, 5.41) is 2.09. The van der Waals surface area contributed by atoms with E-state index in [0.29, 0.717) is 4.47 Å². The van der Waals surface area contributed by atoms with E-state index in [9.17, 15) is 14.0 Å². The molecule has 1 aromatic rings. The summed E-state index contributed by atoms with van der Waals surface area (Å²) in [7, 11) is 1.07. The average Bonchev–Trinajstić information content (AvgIpc) is 2.22. The van der Waals surface area contributed by atoms with Gasteiger partial charge in [0.1, 0.15) is 5.82 Å². The number of para-hydroxylation sites is 1. The fourth-order valence-corrected chi connectivity index (χ4v) is 1.32. The molecule has 0 aliphatic rings. The van der Waals surface area contributed by atoms with Gasteiger partial charge in [0.15, 0.2) is 0 Å². The summed E-state index contributed by atoms with van der Waals surface area (Å²) in [5.41, 5.74) is -0.0899. The Morgan fingerprint density at radius 1 is 1.47 bits per heavy atom. The molecule has 0 atom stereocenters. The standard InChI is InChI=1S/C9H7BrFNO3/c1-15-9(14)8(13)12-7-5(10)3-2-4-6(7)11/h2-4H,1H3,(H,12,13). The van der Waals surface area contributed by atoms with Crippen molar-refractivity contribution in [3.8, 4) is 0 Å². The first-order valence-electron chi connectivity index (χ1n) is 3.89. The van der Waals surface area contributed by atoms with E-state index in [2.05, 4.69) is 26.0 Å². The first-order chi connectivity index (χ1) is 7.06. The number of ether oxygens (including phenoxy) is 1. The summed E-state index contributed by atoms with van der Waals surface area (Å²) in [5.74, 6) is -2.74. The molecule has 0 saturated heterocycles. The number of carbonyl (C=O) groups excluding carboxylic acids is 2. The van der Waals surface area contributed by atoms with Crippen molar-refractivity contribution in [3.05, 3.63) is 28.5 Å². The third-order valence-electron chi connectivity index (χ3n) is 1.57. The summed E-state index contributed by atoms with van der Waals surface area (Å²) >= 11 is 3.04. The van der Waals surface area contributed by atoms with E-state index in [-0.39, 0.29) is 5.69 Å². The van der Waals surface area contributed by atoms with Crippen LogP contribution < -0.4 is 5.32 Å². The van der Waals surface area contributed by atoms with Gasteiger partial charge in [-0.05, 0) is 28.1 Å². The zero-order valence-electron chi connectivity index (χ0n) is 7.71. The highest BCUT2D eigenvalue weighted by atomic mass is 79.9. The average molecular weight is 276 g/mol. The summed E-state index contributed by atoms with van der Waals surface area (Å²) in [6, 6.07) is 4.17. The molecule has 0 spiro atoms. The number of benzene rings is 1. The highest BCUT2D eigenvalue weighted by Crippen LogP contribution is 2.24. The number of hydrogen-bond donors (Lipinski definition) is 1. The van der Waals surface area contributed by atoms with Gasteiger partial charge in [0.05, 0.1) is 12.8 Å². The van der Waals surface area contributed by atoms with Crippen molar-refractivity contribution in [2.24, 2.45) is 0 Å². The lowest BCUT2D eigenvalue weighted by Crippen LogP contribution is -2.24. The molecule has 6 heteroatoms. The molecule has 1 amide bonds. The van der Waals surface area contributed by atoms with Crippen LogP contribution in [0.1, 0.15) is 0 Å². The van der Waals surface area contributed by atoms with Gasteiger partial charge in [-0.1, -0.05) is 6.07 Å². The molecule has 15 heavy (non-hydrogen) atoms. The summed E-state index contributed by atoms with van der Waals surface area (Å²) in [4.78, 5) is 21.8. The SMILES string of the molecule is COC(=O)C(=O)Nc1c(F)cccc1Br. The Kier molecular flexibility index (Phi) is 3.79. The third-order valence-corrected chi connectivity index (χ3v) is 2.23. The van der Waals surface area contributed by atoms with E-state index < -0.39 is 17.7 Å². The zero-order chi connectivity index (χ0) is 11.4. The van der Waals surface area contributed by atoms with E-state index in [1.54, 1.807) is 0 Å². The van der Waals surface area contributed by atoms with Crippen LogP contribution in [0, 0.1) is 5.82 Å². The second-order valence-corrected chi connectivity index (χ2v) is 3.40. The molecule has 0 fully saturated rings. The monoisotopic (exact) mass is 275 g/mol. The van der Waals surface area contributed by atoms with Gasteiger partial charge >= 0.3 is 11.9 Å². The second kappa shape index (κ2) is 4.88. The Bertz CT molecular complexity index is 388. The van der Waals surface area contributed by atoms with Crippen LogP contribution in [0.2, 0.25) is 0 Å². The smallest absolute Gasteiger partial charge is 0.396 e. The maximum absolute atomic E-state index is 13.2. The molecule has 0 aliphatic carbocycles. The van der Waals surface area contributed by atoms with Crippen molar-refractivity contribution in [1.29, 1.82) is 0 Å². The molecular formula is C9H7BrFNO3. The van der Waals surface area contributed by atoms with Crippen LogP contribution >= 0.6 is 15.9 Å². The molecule has 0 bridgehead atoms. The number of hydrogen-bond acceptors (Lipinski definition) is 3. The number of methoxy groups -OCH3 is 1. The molecule has 0 radical (unpaired) electrons. The number of esters is 1. The maximum atomic E-state index is 13.2. The Labute approximate surface area is 93.5 Å². The number of rotatable bonds is 1. The quantitative estimate of drug-likeness (QED) is 0.627. The summed E-state index contributed by atoms with van der Waals surface area (Å²) < 4.78 is 17.7. The van der Waals surface area contributed by atoms with Gasteiger partial charge in [0.25, 0.3) is 0 Å². The van der Waals surface area contributed by atoms with Gasteiger partial charge in [-0.25, -0.2) is 9.18 Å². The van der Waals surface area contributed by atoms with E-state index in [1.807, 2.05) is 0 Å². The molecule has 1 N–H and O–H groups in total. The lowest BCUT2D eigenvalue weighted by molar-refractivity contribution is -0.150. The Morgan fingerprint density at radius 2 is 2.13 bits per heavy atom. The van der Waals surface area contributed by atoms with Crippen LogP contribution in [-0.2, 0) is 14.3 Å². The molecule has 4 nitrogen and oxygen atoms in total. The lowest BCUT2D eigenvalue weighted by Gasteiger charge is -2.06. The molecule has 0 unspecified atom stereocenters. The molecule has 0 aromatic heterocycles. The predicted octanol–water partition coefficient (Wildman–Crippen LogP) is 1.70. The molecular weight excluding hydrogens is 269 g/mol. The van der Waals surface area contributed by atoms with E-state index in [0.717, 1.165) is 13.2 Å². The van der Waals surface area contributed by atoms with Crippen LogP contribution in [0.25, 0.3) is 0 Å². The minimum atomic E-state index is -1.08. The van der Waals surface area contributed by atoms with Crippen molar-refractivity contribution in [2.75, 3.05) is 12.4 Å². The van der Waals surface area contributed by atoms with Crippen LogP contribution in [-0.4, -0.2) is 19.0 Å². The molecule has 80 valence electrons. The van der Waals surface area contributed by atoms with E-state index in [4.69, 9.17) is 0 Å². The fraction of sp³-hybridized carbons (Fsp3) is 0.111. The number of carbonyl (C=O) groups is 2. The second-order valence-electron chi connectivity index (χ2n) is 2.54. The van der Waals surface area contributed by atoms with E-state index >= 15 is 0 Å².